The first-order valence-electron chi connectivity index (χ1n) is 8.65. The Morgan fingerprint density at radius 1 is 0.963 bits per heavy atom. The normalized spacial score (nSPS) is 10.6. The minimum absolute atomic E-state index is 0.333. The van der Waals surface area contributed by atoms with Gasteiger partial charge in [0, 0.05) is 18.0 Å². The van der Waals surface area contributed by atoms with E-state index in [0.717, 1.165) is 21.3 Å². The van der Waals surface area contributed by atoms with Crippen molar-refractivity contribution in [2.45, 2.75) is 26.9 Å². The lowest BCUT2D eigenvalue weighted by molar-refractivity contribution is -0.116. The summed E-state index contributed by atoms with van der Waals surface area (Å²) >= 11 is 0. The van der Waals surface area contributed by atoms with Crippen LogP contribution in [0.3, 0.4) is 0 Å². The molecule has 1 amide bonds. The Hall–Kier alpha value is -3.41. The highest BCUT2D eigenvalue weighted by atomic mass is 16.2. The van der Waals surface area contributed by atoms with Crippen molar-refractivity contribution < 1.29 is 4.79 Å². The zero-order valence-electron chi connectivity index (χ0n) is 15.3. The summed E-state index contributed by atoms with van der Waals surface area (Å²) in [6.45, 7) is 3.92. The molecule has 3 aromatic rings. The maximum absolute atomic E-state index is 12.7. The molecule has 27 heavy (non-hydrogen) atoms. The van der Waals surface area contributed by atoms with Crippen LogP contribution >= 0.6 is 0 Å². The van der Waals surface area contributed by atoms with Crippen LogP contribution in [-0.4, -0.2) is 15.0 Å². The van der Waals surface area contributed by atoms with Crippen molar-refractivity contribution in [2.24, 2.45) is 0 Å². The van der Waals surface area contributed by atoms with Crippen LogP contribution < -0.4 is 16.6 Å². The van der Waals surface area contributed by atoms with Crippen molar-refractivity contribution >= 4 is 11.6 Å². The molecule has 3 rings (SSSR count). The zero-order chi connectivity index (χ0) is 19.4. The number of nitrogens with zero attached hydrogens (tertiary/aromatic N) is 2. The maximum Gasteiger partial charge on any atom is 0.331 e. The summed E-state index contributed by atoms with van der Waals surface area (Å²) in [5.41, 5.74) is 2.72. The monoisotopic (exact) mass is 363 g/mol. The maximum atomic E-state index is 12.7. The highest BCUT2D eigenvalue weighted by Crippen LogP contribution is 2.09. The van der Waals surface area contributed by atoms with E-state index >= 15 is 0 Å². The first kappa shape index (κ1) is 18.4. The molecular formula is C21H21N3O3. The van der Waals surface area contributed by atoms with Crippen LogP contribution in [0.1, 0.15) is 16.7 Å². The molecule has 0 bridgehead atoms. The summed E-state index contributed by atoms with van der Waals surface area (Å²) in [6.07, 6.45) is 1.46. The van der Waals surface area contributed by atoms with Crippen molar-refractivity contribution in [3.05, 3.63) is 98.3 Å². The third-order valence-electron chi connectivity index (χ3n) is 4.38. The zero-order valence-corrected chi connectivity index (χ0v) is 15.3. The number of aromatic nitrogens is 2. The quantitative estimate of drug-likeness (QED) is 0.756. The lowest BCUT2D eigenvalue weighted by Crippen LogP contribution is -2.41. The van der Waals surface area contributed by atoms with Gasteiger partial charge in [0.15, 0.2) is 0 Å². The van der Waals surface area contributed by atoms with Crippen LogP contribution in [0.5, 0.6) is 0 Å². The molecule has 6 nitrogen and oxygen atoms in total. The molecular weight excluding hydrogens is 342 g/mol. The van der Waals surface area contributed by atoms with Gasteiger partial charge in [0.2, 0.25) is 5.91 Å². The van der Waals surface area contributed by atoms with E-state index in [9.17, 15) is 14.4 Å². The molecule has 0 radical (unpaired) electrons. The fourth-order valence-corrected chi connectivity index (χ4v) is 2.77. The van der Waals surface area contributed by atoms with Gasteiger partial charge in [0.05, 0.1) is 6.54 Å². The van der Waals surface area contributed by atoms with Gasteiger partial charge in [0.1, 0.15) is 6.54 Å². The van der Waals surface area contributed by atoms with Gasteiger partial charge in [0.25, 0.3) is 5.56 Å². The van der Waals surface area contributed by atoms with Crippen molar-refractivity contribution in [3.63, 3.8) is 0 Å². The highest BCUT2D eigenvalue weighted by Gasteiger charge is 2.11. The van der Waals surface area contributed by atoms with Crippen LogP contribution in [0.2, 0.25) is 0 Å². The van der Waals surface area contributed by atoms with E-state index in [4.69, 9.17) is 0 Å². The molecule has 0 spiro atoms. The summed E-state index contributed by atoms with van der Waals surface area (Å²) in [6, 6.07) is 16.3. The Morgan fingerprint density at radius 3 is 2.37 bits per heavy atom. The predicted octanol–water partition coefficient (Wildman–Crippen LogP) is 2.31. The van der Waals surface area contributed by atoms with E-state index in [1.165, 1.54) is 16.8 Å². The van der Waals surface area contributed by atoms with Crippen molar-refractivity contribution in [2.75, 3.05) is 5.32 Å². The molecule has 0 aliphatic heterocycles. The topological polar surface area (TPSA) is 73.1 Å². The third kappa shape index (κ3) is 4.41. The number of benzene rings is 2. The smallest absolute Gasteiger partial charge is 0.325 e. The molecule has 1 heterocycles. The standard InChI is InChI=1S/C21H21N3O3/c1-15-7-9-18(10-8-15)22-19(25)14-24-20(26)11-12-23(21(24)27)13-17-6-4-3-5-16(17)2/h3-12H,13-14H2,1-2H3,(H,22,25). The highest BCUT2D eigenvalue weighted by molar-refractivity contribution is 5.90. The number of rotatable bonds is 5. The minimum atomic E-state index is -0.509. The molecule has 0 fully saturated rings. The fraction of sp³-hybridized carbons (Fsp3) is 0.190. The lowest BCUT2D eigenvalue weighted by atomic mass is 10.1. The Labute approximate surface area is 156 Å². The molecule has 0 atom stereocenters. The van der Waals surface area contributed by atoms with Crippen LogP contribution in [0.25, 0.3) is 0 Å². The first-order chi connectivity index (χ1) is 12.9. The second kappa shape index (κ2) is 7.86. The molecule has 1 aromatic heterocycles. The summed E-state index contributed by atoms with van der Waals surface area (Å²) in [5.74, 6) is -0.424. The molecule has 138 valence electrons. The number of anilines is 1. The second-order valence-electron chi connectivity index (χ2n) is 6.49. The SMILES string of the molecule is Cc1ccc(NC(=O)Cn2c(=O)ccn(Cc3ccccc3C)c2=O)cc1. The number of hydrogen-bond acceptors (Lipinski definition) is 3. The van der Waals surface area contributed by atoms with Gasteiger partial charge >= 0.3 is 5.69 Å². The van der Waals surface area contributed by atoms with Crippen LogP contribution in [0.15, 0.2) is 70.4 Å². The van der Waals surface area contributed by atoms with E-state index in [-0.39, 0.29) is 6.54 Å². The van der Waals surface area contributed by atoms with E-state index in [2.05, 4.69) is 5.32 Å². The summed E-state index contributed by atoms with van der Waals surface area (Å²) < 4.78 is 2.38. The van der Waals surface area contributed by atoms with Gasteiger partial charge in [-0.3, -0.25) is 18.7 Å². The molecule has 0 saturated carbocycles. The Balaban J connectivity index is 1.82. The van der Waals surface area contributed by atoms with Gasteiger partial charge in [-0.05, 0) is 37.1 Å². The molecule has 0 saturated heterocycles. The number of carbonyl (C=O) groups is 1. The Kier molecular flexibility index (Phi) is 5.35. The Morgan fingerprint density at radius 2 is 1.67 bits per heavy atom. The Bertz CT molecular complexity index is 1080. The number of aryl methyl sites for hydroxylation is 2. The molecule has 0 aliphatic rings. The van der Waals surface area contributed by atoms with E-state index < -0.39 is 17.2 Å². The summed E-state index contributed by atoms with van der Waals surface area (Å²) in [7, 11) is 0. The first-order valence-corrected chi connectivity index (χ1v) is 8.65. The van der Waals surface area contributed by atoms with Crippen molar-refractivity contribution in [1.82, 2.24) is 9.13 Å². The average Bonchev–Trinajstić information content (AvgIpc) is 2.64. The molecule has 1 N–H and O–H groups in total. The third-order valence-corrected chi connectivity index (χ3v) is 4.38. The van der Waals surface area contributed by atoms with E-state index in [0.29, 0.717) is 12.2 Å². The summed E-state index contributed by atoms with van der Waals surface area (Å²) in [4.78, 5) is 37.1. The summed E-state index contributed by atoms with van der Waals surface area (Å²) in [5, 5.41) is 2.70. The van der Waals surface area contributed by atoms with Gasteiger partial charge in [-0.15, -0.1) is 0 Å². The van der Waals surface area contributed by atoms with Crippen LogP contribution in [0, 0.1) is 13.8 Å². The fourth-order valence-electron chi connectivity index (χ4n) is 2.77. The van der Waals surface area contributed by atoms with Gasteiger partial charge in [-0.2, -0.15) is 0 Å². The van der Waals surface area contributed by atoms with Crippen LogP contribution in [-0.2, 0) is 17.9 Å². The van der Waals surface area contributed by atoms with E-state index in [1.54, 1.807) is 12.1 Å². The predicted molar refractivity (Wildman–Crippen MR) is 105 cm³/mol. The molecule has 2 aromatic carbocycles. The number of nitrogens with one attached hydrogen (secondary N) is 1. The van der Waals surface area contributed by atoms with Gasteiger partial charge in [-0.25, -0.2) is 4.79 Å². The van der Waals surface area contributed by atoms with Gasteiger partial charge < -0.3 is 5.32 Å². The molecule has 6 heteroatoms. The van der Waals surface area contributed by atoms with E-state index in [1.807, 2.05) is 50.2 Å². The largest absolute Gasteiger partial charge is 0.331 e. The van der Waals surface area contributed by atoms with Gasteiger partial charge in [-0.1, -0.05) is 42.0 Å². The number of carbonyl (C=O) groups excluding carboxylic acids is 1. The average molecular weight is 363 g/mol. The molecule has 0 aliphatic carbocycles. The minimum Gasteiger partial charge on any atom is -0.325 e. The van der Waals surface area contributed by atoms with Crippen molar-refractivity contribution in [1.29, 1.82) is 0 Å². The number of amides is 1. The van der Waals surface area contributed by atoms with Crippen molar-refractivity contribution in [3.8, 4) is 0 Å². The number of hydrogen-bond donors (Lipinski definition) is 1. The second-order valence-corrected chi connectivity index (χ2v) is 6.49. The lowest BCUT2D eigenvalue weighted by Gasteiger charge is -2.12. The molecule has 0 unspecified atom stereocenters. The van der Waals surface area contributed by atoms with Crippen LogP contribution in [0.4, 0.5) is 5.69 Å².